The zero-order chi connectivity index (χ0) is 14.3. The number of ether oxygens (including phenoxy) is 1. The highest BCUT2D eigenvalue weighted by Crippen LogP contribution is 2.15. The molecule has 0 aliphatic carbocycles. The maximum Gasteiger partial charge on any atom is 0.138 e. The molecule has 0 saturated carbocycles. The third-order valence-electron chi connectivity index (χ3n) is 3.52. The van der Waals surface area contributed by atoms with Crippen molar-refractivity contribution in [3.05, 3.63) is 54.1 Å². The maximum absolute atomic E-state index is 5.81. The Hall–Kier alpha value is -2.20. The number of aromatic nitrogens is 2. The summed E-state index contributed by atoms with van der Waals surface area (Å²) in [4.78, 5) is 8.24. The Morgan fingerprint density at radius 1 is 1.14 bits per heavy atom. The van der Waals surface area contributed by atoms with Crippen LogP contribution in [0.2, 0.25) is 0 Å². The largest absolute Gasteiger partial charge is 0.490 e. The van der Waals surface area contributed by atoms with Crippen LogP contribution in [0.5, 0.6) is 5.75 Å². The number of nitrogens with zero attached hydrogens (tertiary/aromatic N) is 2. The first-order valence-electron chi connectivity index (χ1n) is 7.29. The lowest BCUT2D eigenvalue weighted by Gasteiger charge is -2.11. The van der Waals surface area contributed by atoms with Gasteiger partial charge in [0.2, 0.25) is 0 Å². The van der Waals surface area contributed by atoms with Crippen molar-refractivity contribution in [2.75, 3.05) is 13.2 Å². The van der Waals surface area contributed by atoms with Gasteiger partial charge in [-0.2, -0.15) is 0 Å². The van der Waals surface area contributed by atoms with E-state index >= 15 is 0 Å². The first-order valence-corrected chi connectivity index (χ1v) is 7.29. The topological polar surface area (TPSA) is 47.0 Å². The highest BCUT2D eigenvalue weighted by molar-refractivity contribution is 5.69. The lowest BCUT2D eigenvalue weighted by molar-refractivity contribution is 0.276. The Morgan fingerprint density at radius 3 is 2.81 bits per heavy atom. The number of hydrogen-bond donors (Lipinski definition) is 1. The first kappa shape index (κ1) is 13.8. The summed E-state index contributed by atoms with van der Waals surface area (Å²) in [5.74, 6) is 0.820. The zero-order valence-electron chi connectivity index (χ0n) is 11.9. The SMILES string of the molecule is C(=C\c1cncc(OCC2CCCN2)c1)/c1ccncc1. The van der Waals surface area contributed by atoms with Gasteiger partial charge in [0.15, 0.2) is 0 Å². The molecule has 3 rings (SSSR count). The lowest BCUT2D eigenvalue weighted by Crippen LogP contribution is -2.28. The zero-order valence-corrected chi connectivity index (χ0v) is 11.9. The Bertz CT molecular complexity index is 592. The number of pyridine rings is 2. The van der Waals surface area contributed by atoms with Crippen molar-refractivity contribution in [2.45, 2.75) is 18.9 Å². The lowest BCUT2D eigenvalue weighted by atomic mass is 10.2. The Kier molecular flexibility index (Phi) is 4.59. The van der Waals surface area contributed by atoms with Gasteiger partial charge in [-0.1, -0.05) is 12.2 Å². The Morgan fingerprint density at radius 2 is 2.00 bits per heavy atom. The van der Waals surface area contributed by atoms with Crippen molar-refractivity contribution in [2.24, 2.45) is 0 Å². The van der Waals surface area contributed by atoms with E-state index in [1.54, 1.807) is 18.6 Å². The fourth-order valence-corrected chi connectivity index (χ4v) is 2.37. The van der Waals surface area contributed by atoms with Gasteiger partial charge in [-0.25, -0.2) is 0 Å². The Balaban J connectivity index is 1.61. The molecule has 21 heavy (non-hydrogen) atoms. The van der Waals surface area contributed by atoms with Crippen LogP contribution in [0.25, 0.3) is 12.2 Å². The fourth-order valence-electron chi connectivity index (χ4n) is 2.37. The summed E-state index contributed by atoms with van der Waals surface area (Å²) in [6.07, 6.45) is 13.7. The van der Waals surface area contributed by atoms with Crippen LogP contribution in [0.3, 0.4) is 0 Å². The highest BCUT2D eigenvalue weighted by Gasteiger charge is 2.14. The molecule has 1 atom stereocenters. The van der Waals surface area contributed by atoms with E-state index in [0.717, 1.165) is 23.4 Å². The molecule has 0 amide bonds. The average molecular weight is 281 g/mol. The maximum atomic E-state index is 5.81. The molecule has 0 radical (unpaired) electrons. The summed E-state index contributed by atoms with van der Waals surface area (Å²) in [7, 11) is 0. The molecule has 108 valence electrons. The molecule has 2 aromatic heterocycles. The second-order valence-corrected chi connectivity index (χ2v) is 5.17. The molecule has 1 saturated heterocycles. The molecule has 4 nitrogen and oxygen atoms in total. The molecule has 1 aliphatic rings. The van der Waals surface area contributed by atoms with E-state index in [0.29, 0.717) is 12.6 Å². The van der Waals surface area contributed by atoms with Crippen LogP contribution < -0.4 is 10.1 Å². The van der Waals surface area contributed by atoms with Gasteiger partial charge >= 0.3 is 0 Å². The minimum Gasteiger partial charge on any atom is -0.490 e. The van der Waals surface area contributed by atoms with Gasteiger partial charge < -0.3 is 10.1 Å². The van der Waals surface area contributed by atoms with Crippen molar-refractivity contribution in [3.63, 3.8) is 0 Å². The summed E-state index contributed by atoms with van der Waals surface area (Å²) >= 11 is 0. The fraction of sp³-hybridized carbons (Fsp3) is 0.294. The van der Waals surface area contributed by atoms with Crippen molar-refractivity contribution in [1.29, 1.82) is 0 Å². The van der Waals surface area contributed by atoms with E-state index in [2.05, 4.69) is 15.3 Å². The molecule has 0 bridgehead atoms. The van der Waals surface area contributed by atoms with Crippen LogP contribution in [0, 0.1) is 0 Å². The summed E-state index contributed by atoms with van der Waals surface area (Å²) in [5, 5.41) is 3.42. The molecule has 1 aliphatic heterocycles. The van der Waals surface area contributed by atoms with Crippen LogP contribution in [-0.2, 0) is 0 Å². The van der Waals surface area contributed by atoms with Gasteiger partial charge in [0.05, 0.1) is 6.20 Å². The van der Waals surface area contributed by atoms with Crippen molar-refractivity contribution in [1.82, 2.24) is 15.3 Å². The van der Waals surface area contributed by atoms with E-state index in [4.69, 9.17) is 4.74 Å². The van der Waals surface area contributed by atoms with Gasteiger partial charge in [-0.3, -0.25) is 9.97 Å². The standard InChI is InChI=1S/C17H19N3O/c1-2-16(20-7-1)13-21-17-10-15(11-19-12-17)4-3-14-5-8-18-9-6-14/h3-6,8-12,16,20H,1-2,7,13H2/b4-3+. The molecule has 1 N–H and O–H groups in total. The molecule has 2 aromatic rings. The van der Waals surface area contributed by atoms with Crippen LogP contribution in [0.1, 0.15) is 24.0 Å². The van der Waals surface area contributed by atoms with Gasteiger partial charge in [-0.15, -0.1) is 0 Å². The van der Waals surface area contributed by atoms with Gasteiger partial charge in [0, 0.05) is 24.6 Å². The summed E-state index contributed by atoms with van der Waals surface area (Å²) in [6.45, 7) is 1.81. The van der Waals surface area contributed by atoms with Gasteiger partial charge in [-0.05, 0) is 48.7 Å². The molecular formula is C17H19N3O. The first-order chi connectivity index (χ1) is 10.4. The molecule has 0 spiro atoms. The van der Waals surface area contributed by atoms with Crippen molar-refractivity contribution >= 4 is 12.2 Å². The van der Waals surface area contributed by atoms with Crippen LogP contribution in [0.15, 0.2) is 43.0 Å². The van der Waals surface area contributed by atoms with Crippen LogP contribution in [0.4, 0.5) is 0 Å². The normalized spacial score (nSPS) is 18.2. The quantitative estimate of drug-likeness (QED) is 0.915. The molecular weight excluding hydrogens is 262 g/mol. The molecule has 1 unspecified atom stereocenters. The predicted octanol–water partition coefficient (Wildman–Crippen LogP) is 2.78. The second-order valence-electron chi connectivity index (χ2n) is 5.17. The monoisotopic (exact) mass is 281 g/mol. The third kappa shape index (κ3) is 4.13. The third-order valence-corrected chi connectivity index (χ3v) is 3.52. The van der Waals surface area contributed by atoms with Crippen LogP contribution >= 0.6 is 0 Å². The van der Waals surface area contributed by atoms with Crippen molar-refractivity contribution in [3.8, 4) is 5.75 Å². The van der Waals surface area contributed by atoms with Crippen LogP contribution in [-0.4, -0.2) is 29.2 Å². The minimum atomic E-state index is 0.473. The summed E-state index contributed by atoms with van der Waals surface area (Å²) < 4.78 is 5.81. The van der Waals surface area contributed by atoms with E-state index in [9.17, 15) is 0 Å². The number of hydrogen-bond acceptors (Lipinski definition) is 4. The van der Waals surface area contributed by atoms with E-state index in [1.165, 1.54) is 12.8 Å². The van der Waals surface area contributed by atoms with Gasteiger partial charge in [0.1, 0.15) is 12.4 Å². The molecule has 1 fully saturated rings. The molecule has 4 heteroatoms. The van der Waals surface area contributed by atoms with Crippen molar-refractivity contribution < 1.29 is 4.74 Å². The average Bonchev–Trinajstić information content (AvgIpc) is 3.06. The van der Waals surface area contributed by atoms with E-state index in [1.807, 2.05) is 36.5 Å². The second kappa shape index (κ2) is 6.99. The Labute approximate surface area is 124 Å². The predicted molar refractivity (Wildman–Crippen MR) is 83.9 cm³/mol. The number of nitrogens with one attached hydrogen (secondary N) is 1. The smallest absolute Gasteiger partial charge is 0.138 e. The van der Waals surface area contributed by atoms with E-state index < -0.39 is 0 Å². The summed E-state index contributed by atoms with van der Waals surface area (Å²) in [5.41, 5.74) is 2.15. The van der Waals surface area contributed by atoms with Gasteiger partial charge in [0.25, 0.3) is 0 Å². The minimum absolute atomic E-state index is 0.473. The highest BCUT2D eigenvalue weighted by atomic mass is 16.5. The molecule has 3 heterocycles. The molecule has 0 aromatic carbocycles. The summed E-state index contributed by atoms with van der Waals surface area (Å²) in [6, 6.07) is 6.42. The number of rotatable bonds is 5. The van der Waals surface area contributed by atoms with E-state index in [-0.39, 0.29) is 0 Å².